The van der Waals surface area contributed by atoms with E-state index in [4.69, 9.17) is 5.73 Å². The number of anilines is 1. The Bertz CT molecular complexity index is 727. The molecule has 3 N–H and O–H groups in total. The van der Waals surface area contributed by atoms with Crippen molar-refractivity contribution in [2.24, 2.45) is 5.41 Å². The third kappa shape index (κ3) is 5.71. The predicted octanol–water partition coefficient (Wildman–Crippen LogP) is 4.41. The number of carbonyl (C=O) groups is 1. The minimum Gasteiger partial charge on any atom is -0.399 e. The summed E-state index contributed by atoms with van der Waals surface area (Å²) in [5, 5.41) is 2.86. The number of nitrogens with one attached hydrogen (secondary N) is 1. The third-order valence-electron chi connectivity index (χ3n) is 3.79. The molecule has 2 rings (SSSR count). The average Bonchev–Trinajstić information content (AvgIpc) is 2.47. The quantitative estimate of drug-likeness (QED) is 0.785. The Hall–Kier alpha value is -2.14. The van der Waals surface area contributed by atoms with Gasteiger partial charge in [-0.05, 0) is 29.2 Å². The van der Waals surface area contributed by atoms with Crippen LogP contribution in [0, 0.1) is 17.0 Å². The third-order valence-corrected chi connectivity index (χ3v) is 3.79. The molecule has 0 bridgehead atoms. The maximum atomic E-state index is 14.1. The fourth-order valence-electron chi connectivity index (χ4n) is 2.53. The maximum Gasteiger partial charge on any atom is 0.224 e. The molecule has 0 fully saturated rings. The zero-order valence-electron chi connectivity index (χ0n) is 14.5. The highest BCUT2D eigenvalue weighted by molar-refractivity contribution is 5.85. The van der Waals surface area contributed by atoms with E-state index in [0.717, 1.165) is 11.6 Å². The molecule has 3 nitrogen and oxygen atoms in total. The van der Waals surface area contributed by atoms with Crippen LogP contribution in [-0.4, -0.2) is 5.91 Å². The van der Waals surface area contributed by atoms with Gasteiger partial charge < -0.3 is 11.1 Å². The maximum absolute atomic E-state index is 14.1. The van der Waals surface area contributed by atoms with Gasteiger partial charge in [0.05, 0.1) is 12.5 Å². The fraction of sp³-hybridized carbons (Fsp3) is 0.316. The van der Waals surface area contributed by atoms with Crippen molar-refractivity contribution in [1.29, 1.82) is 0 Å². The van der Waals surface area contributed by atoms with Crippen LogP contribution in [-0.2, 0) is 11.2 Å². The molecule has 0 aromatic heterocycles. The number of nitrogens with two attached hydrogens (primary N) is 1. The molecule has 0 heterocycles. The van der Waals surface area contributed by atoms with Crippen LogP contribution < -0.4 is 11.1 Å². The smallest absolute Gasteiger partial charge is 0.224 e. The molecule has 6 heteroatoms. The molecule has 1 atom stereocenters. The van der Waals surface area contributed by atoms with Crippen molar-refractivity contribution in [3.63, 3.8) is 0 Å². The summed E-state index contributed by atoms with van der Waals surface area (Å²) in [5.74, 6) is -1.54. The van der Waals surface area contributed by atoms with Gasteiger partial charge in [-0.15, -0.1) is 12.4 Å². The van der Waals surface area contributed by atoms with Gasteiger partial charge in [-0.2, -0.15) is 0 Å². The van der Waals surface area contributed by atoms with Crippen molar-refractivity contribution in [2.45, 2.75) is 33.2 Å². The molecule has 0 aliphatic heterocycles. The molecule has 2 aromatic carbocycles. The first-order chi connectivity index (χ1) is 11.2. The van der Waals surface area contributed by atoms with E-state index in [1.165, 1.54) is 12.1 Å². The van der Waals surface area contributed by atoms with Gasteiger partial charge in [0.1, 0.15) is 11.6 Å². The Morgan fingerprint density at radius 3 is 2.24 bits per heavy atom. The number of benzene rings is 2. The van der Waals surface area contributed by atoms with Crippen LogP contribution in [0.15, 0.2) is 42.5 Å². The van der Waals surface area contributed by atoms with Crippen LogP contribution in [0.3, 0.4) is 0 Å². The van der Waals surface area contributed by atoms with E-state index in [1.807, 2.05) is 20.8 Å². The Labute approximate surface area is 153 Å². The molecule has 0 spiro atoms. The first-order valence-electron chi connectivity index (χ1n) is 7.75. The molecular formula is C19H23ClF2N2O. The van der Waals surface area contributed by atoms with Gasteiger partial charge in [-0.1, -0.05) is 39.0 Å². The van der Waals surface area contributed by atoms with Gasteiger partial charge in [-0.25, -0.2) is 8.78 Å². The fourth-order valence-corrected chi connectivity index (χ4v) is 2.53. The van der Waals surface area contributed by atoms with E-state index in [2.05, 4.69) is 5.32 Å². The van der Waals surface area contributed by atoms with Gasteiger partial charge in [-0.3, -0.25) is 4.79 Å². The topological polar surface area (TPSA) is 55.1 Å². The number of carbonyl (C=O) groups excluding carboxylic acids is 1. The highest BCUT2D eigenvalue weighted by Gasteiger charge is 2.30. The first-order valence-corrected chi connectivity index (χ1v) is 7.75. The second-order valence-corrected chi connectivity index (χ2v) is 6.95. The van der Waals surface area contributed by atoms with Gasteiger partial charge >= 0.3 is 0 Å². The minimum absolute atomic E-state index is 0. The highest BCUT2D eigenvalue weighted by atomic mass is 35.5. The van der Waals surface area contributed by atoms with Crippen LogP contribution in [0.5, 0.6) is 0 Å². The summed E-state index contributed by atoms with van der Waals surface area (Å²) >= 11 is 0. The molecule has 25 heavy (non-hydrogen) atoms. The molecule has 1 amide bonds. The number of hydrogen-bond donors (Lipinski definition) is 2. The van der Waals surface area contributed by atoms with Crippen LogP contribution in [0.1, 0.15) is 37.9 Å². The van der Waals surface area contributed by atoms with Gasteiger partial charge in [0, 0.05) is 17.3 Å². The monoisotopic (exact) mass is 368 g/mol. The molecule has 136 valence electrons. The standard InChI is InChI=1S/C19H22F2N2O.ClH/c1-19(2,3)18(15-9-6-13(20)11-16(15)21)23-17(24)10-12-4-7-14(22)8-5-12;/h4-9,11,18H,10,22H2,1-3H3,(H,23,24);1H. The second-order valence-electron chi connectivity index (χ2n) is 6.95. The molecular weight excluding hydrogens is 346 g/mol. The molecule has 2 aromatic rings. The summed E-state index contributed by atoms with van der Waals surface area (Å²) < 4.78 is 27.3. The Morgan fingerprint density at radius 2 is 1.72 bits per heavy atom. The number of nitrogen functional groups attached to an aromatic ring is 1. The molecule has 0 aliphatic carbocycles. The molecule has 1 unspecified atom stereocenters. The lowest BCUT2D eigenvalue weighted by atomic mass is 9.82. The summed E-state index contributed by atoms with van der Waals surface area (Å²) in [6.45, 7) is 5.68. The number of hydrogen-bond acceptors (Lipinski definition) is 2. The van der Waals surface area contributed by atoms with Crippen LogP contribution in [0.4, 0.5) is 14.5 Å². The van der Waals surface area contributed by atoms with Crippen molar-refractivity contribution in [2.75, 3.05) is 5.73 Å². The second kappa shape index (κ2) is 8.30. The lowest BCUT2D eigenvalue weighted by Gasteiger charge is -2.32. The average molecular weight is 369 g/mol. The summed E-state index contributed by atoms with van der Waals surface area (Å²) in [6.07, 6.45) is 0.162. The van der Waals surface area contributed by atoms with Crippen LogP contribution in [0.25, 0.3) is 0 Å². The number of rotatable bonds is 4. The number of amides is 1. The summed E-state index contributed by atoms with van der Waals surface area (Å²) in [7, 11) is 0. The van der Waals surface area contributed by atoms with Crippen molar-refractivity contribution in [3.8, 4) is 0 Å². The molecule has 0 aliphatic rings. The predicted molar refractivity (Wildman–Crippen MR) is 98.5 cm³/mol. The first kappa shape index (κ1) is 20.9. The largest absolute Gasteiger partial charge is 0.399 e. The van der Waals surface area contributed by atoms with Gasteiger partial charge in [0.15, 0.2) is 0 Å². The lowest BCUT2D eigenvalue weighted by molar-refractivity contribution is -0.122. The minimum atomic E-state index is -0.664. The Kier molecular flexibility index (Phi) is 6.94. The summed E-state index contributed by atoms with van der Waals surface area (Å²) in [5.41, 5.74) is 6.90. The SMILES string of the molecule is CC(C)(C)C(NC(=O)Cc1ccc(N)cc1)c1ccc(F)cc1F.Cl. The molecule has 0 radical (unpaired) electrons. The zero-order chi connectivity index (χ0) is 17.9. The van der Waals surface area contributed by atoms with Gasteiger partial charge in [0.25, 0.3) is 0 Å². The van der Waals surface area contributed by atoms with Crippen LogP contribution >= 0.6 is 12.4 Å². The van der Waals surface area contributed by atoms with Crippen LogP contribution in [0.2, 0.25) is 0 Å². The molecule has 0 saturated heterocycles. The Morgan fingerprint density at radius 1 is 1.12 bits per heavy atom. The normalized spacial score (nSPS) is 12.2. The van der Waals surface area contributed by atoms with Gasteiger partial charge in [0.2, 0.25) is 5.91 Å². The zero-order valence-corrected chi connectivity index (χ0v) is 15.3. The van der Waals surface area contributed by atoms with E-state index in [9.17, 15) is 13.6 Å². The van der Waals surface area contributed by atoms with E-state index in [-0.39, 0.29) is 30.3 Å². The van der Waals surface area contributed by atoms with Crippen molar-refractivity contribution >= 4 is 24.0 Å². The summed E-state index contributed by atoms with van der Waals surface area (Å²) in [4.78, 5) is 12.4. The van der Waals surface area contributed by atoms with Crippen molar-refractivity contribution < 1.29 is 13.6 Å². The van der Waals surface area contributed by atoms with E-state index >= 15 is 0 Å². The van der Waals surface area contributed by atoms with E-state index in [0.29, 0.717) is 5.69 Å². The summed E-state index contributed by atoms with van der Waals surface area (Å²) in [6, 6.07) is 9.85. The highest BCUT2D eigenvalue weighted by Crippen LogP contribution is 2.34. The van der Waals surface area contributed by atoms with E-state index < -0.39 is 23.1 Å². The van der Waals surface area contributed by atoms with Crippen molar-refractivity contribution in [1.82, 2.24) is 5.32 Å². The van der Waals surface area contributed by atoms with E-state index in [1.54, 1.807) is 24.3 Å². The van der Waals surface area contributed by atoms with Crippen molar-refractivity contribution in [3.05, 3.63) is 65.2 Å². The lowest BCUT2D eigenvalue weighted by Crippen LogP contribution is -2.38. The Balaban J connectivity index is 0.00000312. The number of halogens is 3. The molecule has 0 saturated carbocycles.